The fraction of sp³-hybridized carbons (Fsp3) is 0.455. The van der Waals surface area contributed by atoms with E-state index in [4.69, 9.17) is 10.1 Å². The molecule has 7 nitrogen and oxygen atoms in total. The molecule has 3 aromatic rings. The third kappa shape index (κ3) is 3.57. The highest BCUT2D eigenvalue weighted by Gasteiger charge is 2.28. The number of carbonyl (C=O) groups excluding carboxylic acids is 1. The fourth-order valence-electron chi connectivity index (χ4n) is 4.45. The zero-order valence-corrected chi connectivity index (χ0v) is 16.8. The summed E-state index contributed by atoms with van der Waals surface area (Å²) in [6, 6.07) is 6.09. The zero-order valence-electron chi connectivity index (χ0n) is 16.8. The second-order valence-corrected chi connectivity index (χ2v) is 8.20. The van der Waals surface area contributed by atoms with Crippen molar-refractivity contribution in [1.82, 2.24) is 24.5 Å². The summed E-state index contributed by atoms with van der Waals surface area (Å²) in [7, 11) is 0. The van der Waals surface area contributed by atoms with Gasteiger partial charge in [-0.05, 0) is 56.4 Å². The predicted molar refractivity (Wildman–Crippen MR) is 111 cm³/mol. The van der Waals surface area contributed by atoms with Gasteiger partial charge in [-0.1, -0.05) is 0 Å². The number of amides is 1. The number of aromatic nitrogens is 4. The smallest absolute Gasteiger partial charge is 0.255 e. The molecule has 0 bridgehead atoms. The van der Waals surface area contributed by atoms with Gasteiger partial charge >= 0.3 is 0 Å². The van der Waals surface area contributed by atoms with Crippen LogP contribution in [0.4, 0.5) is 5.69 Å². The van der Waals surface area contributed by atoms with Crippen molar-refractivity contribution in [3.8, 4) is 0 Å². The molecule has 150 valence electrons. The number of carbonyl (C=O) groups is 1. The third-order valence-electron chi connectivity index (χ3n) is 6.00. The van der Waals surface area contributed by atoms with Crippen molar-refractivity contribution in [2.75, 3.05) is 31.1 Å². The second kappa shape index (κ2) is 7.46. The highest BCUT2D eigenvalue weighted by molar-refractivity contribution is 5.94. The molecule has 0 radical (unpaired) electrons. The fourth-order valence-corrected chi connectivity index (χ4v) is 4.45. The van der Waals surface area contributed by atoms with E-state index in [1.807, 2.05) is 28.5 Å². The summed E-state index contributed by atoms with van der Waals surface area (Å²) in [5.41, 5.74) is 3.73. The summed E-state index contributed by atoms with van der Waals surface area (Å²) in [5, 5.41) is 4.78. The van der Waals surface area contributed by atoms with E-state index in [9.17, 15) is 4.79 Å². The van der Waals surface area contributed by atoms with Crippen LogP contribution in [0.2, 0.25) is 0 Å². The molecule has 29 heavy (non-hydrogen) atoms. The molecule has 5 heterocycles. The second-order valence-electron chi connectivity index (χ2n) is 8.20. The number of rotatable bonds is 3. The highest BCUT2D eigenvalue weighted by atomic mass is 16.2. The summed E-state index contributed by atoms with van der Waals surface area (Å²) >= 11 is 0. The lowest BCUT2D eigenvalue weighted by Crippen LogP contribution is -2.39. The lowest BCUT2D eigenvalue weighted by Gasteiger charge is -2.31. The molecular weight excluding hydrogens is 364 g/mol. The molecule has 0 N–H and O–H groups in total. The van der Waals surface area contributed by atoms with Gasteiger partial charge in [0.15, 0.2) is 11.5 Å². The van der Waals surface area contributed by atoms with Gasteiger partial charge < -0.3 is 9.80 Å². The van der Waals surface area contributed by atoms with Gasteiger partial charge in [0, 0.05) is 44.5 Å². The molecule has 2 saturated heterocycles. The van der Waals surface area contributed by atoms with Crippen molar-refractivity contribution in [2.24, 2.45) is 0 Å². The van der Waals surface area contributed by atoms with Crippen LogP contribution >= 0.6 is 0 Å². The molecule has 7 heteroatoms. The van der Waals surface area contributed by atoms with Gasteiger partial charge in [-0.2, -0.15) is 5.10 Å². The van der Waals surface area contributed by atoms with E-state index in [1.54, 1.807) is 12.4 Å². The van der Waals surface area contributed by atoms with Crippen LogP contribution in [0.15, 0.2) is 36.8 Å². The van der Waals surface area contributed by atoms with Crippen LogP contribution < -0.4 is 4.90 Å². The van der Waals surface area contributed by atoms with Crippen molar-refractivity contribution in [2.45, 2.75) is 38.5 Å². The van der Waals surface area contributed by atoms with Gasteiger partial charge in [0.05, 0.1) is 17.4 Å². The first kappa shape index (κ1) is 18.1. The molecule has 0 saturated carbocycles. The number of anilines is 1. The van der Waals surface area contributed by atoms with E-state index in [0.717, 1.165) is 49.5 Å². The first-order valence-corrected chi connectivity index (χ1v) is 10.5. The molecule has 0 spiro atoms. The molecule has 3 aromatic heterocycles. The van der Waals surface area contributed by atoms with Crippen LogP contribution in [0.3, 0.4) is 0 Å². The van der Waals surface area contributed by atoms with E-state index in [-0.39, 0.29) is 11.8 Å². The van der Waals surface area contributed by atoms with Crippen molar-refractivity contribution < 1.29 is 4.79 Å². The van der Waals surface area contributed by atoms with Gasteiger partial charge in [-0.15, -0.1) is 0 Å². The van der Waals surface area contributed by atoms with Crippen LogP contribution in [0, 0.1) is 6.92 Å². The summed E-state index contributed by atoms with van der Waals surface area (Å²) in [4.78, 5) is 26.2. The van der Waals surface area contributed by atoms with Gasteiger partial charge in [0.1, 0.15) is 0 Å². The van der Waals surface area contributed by atoms with Crippen molar-refractivity contribution in [1.29, 1.82) is 0 Å². The van der Waals surface area contributed by atoms with E-state index < -0.39 is 0 Å². The third-order valence-corrected chi connectivity index (χ3v) is 6.00. The predicted octanol–water partition coefficient (Wildman–Crippen LogP) is 3.05. The molecule has 2 fully saturated rings. The number of pyridine rings is 2. The number of hydrogen-bond donors (Lipinski definition) is 0. The summed E-state index contributed by atoms with van der Waals surface area (Å²) < 4.78 is 1.90. The monoisotopic (exact) mass is 390 g/mol. The van der Waals surface area contributed by atoms with Crippen molar-refractivity contribution in [3.63, 3.8) is 0 Å². The minimum atomic E-state index is 0.0472. The Hall–Kier alpha value is -2.96. The van der Waals surface area contributed by atoms with E-state index >= 15 is 0 Å². The summed E-state index contributed by atoms with van der Waals surface area (Å²) in [5.74, 6) is 1.05. The molecule has 0 aliphatic carbocycles. The first-order chi connectivity index (χ1) is 14.2. The van der Waals surface area contributed by atoms with Crippen molar-refractivity contribution in [3.05, 3.63) is 53.7 Å². The van der Waals surface area contributed by atoms with Crippen LogP contribution in [-0.4, -0.2) is 56.6 Å². The number of likely N-dealkylation sites (tertiary alicyclic amines) is 1. The zero-order chi connectivity index (χ0) is 19.8. The number of piperidine rings is 1. The van der Waals surface area contributed by atoms with Crippen LogP contribution in [0.25, 0.3) is 5.65 Å². The van der Waals surface area contributed by atoms with Crippen molar-refractivity contribution >= 4 is 17.2 Å². The van der Waals surface area contributed by atoms with Gasteiger partial charge in [-0.25, -0.2) is 9.50 Å². The number of aryl methyl sites for hydroxylation is 1. The molecular formula is C22H26N6O. The summed E-state index contributed by atoms with van der Waals surface area (Å²) in [6.07, 6.45) is 9.98. The average Bonchev–Trinajstić information content (AvgIpc) is 3.42. The molecule has 0 unspecified atom stereocenters. The lowest BCUT2D eigenvalue weighted by atomic mass is 9.97. The van der Waals surface area contributed by atoms with Crippen LogP contribution in [0.5, 0.6) is 0 Å². The maximum atomic E-state index is 12.9. The van der Waals surface area contributed by atoms with Gasteiger partial charge in [-0.3, -0.25) is 9.78 Å². The normalized spacial score (nSPS) is 19.8. The van der Waals surface area contributed by atoms with Crippen LogP contribution in [-0.2, 0) is 0 Å². The minimum absolute atomic E-state index is 0.0472. The maximum Gasteiger partial charge on any atom is 0.255 e. The van der Waals surface area contributed by atoms with E-state index in [0.29, 0.717) is 12.1 Å². The highest BCUT2D eigenvalue weighted by Crippen LogP contribution is 2.27. The molecule has 1 atom stereocenters. The molecule has 2 aliphatic rings. The van der Waals surface area contributed by atoms with E-state index in [1.165, 1.54) is 18.5 Å². The Balaban J connectivity index is 1.36. The molecule has 2 aliphatic heterocycles. The van der Waals surface area contributed by atoms with E-state index in [2.05, 4.69) is 22.1 Å². The largest absolute Gasteiger partial charge is 0.370 e. The number of nitrogens with zero attached hydrogens (tertiary/aromatic N) is 6. The quantitative estimate of drug-likeness (QED) is 0.688. The SMILES string of the molecule is Cc1cncc(C(=O)N2CCC[C@H](c3nc4ccc(N5CCCC5)cn4n3)C2)c1. The Morgan fingerprint density at radius 3 is 2.79 bits per heavy atom. The Labute approximate surface area is 170 Å². The molecule has 5 rings (SSSR count). The topological polar surface area (TPSA) is 66.6 Å². The molecule has 1 amide bonds. The maximum absolute atomic E-state index is 12.9. The number of hydrogen-bond acceptors (Lipinski definition) is 5. The Kier molecular flexibility index (Phi) is 4.66. The minimum Gasteiger partial charge on any atom is -0.370 e. The first-order valence-electron chi connectivity index (χ1n) is 10.5. The average molecular weight is 390 g/mol. The van der Waals surface area contributed by atoms with Gasteiger partial charge in [0.25, 0.3) is 5.91 Å². The number of fused-ring (bicyclic) bond motifs is 1. The molecule has 0 aromatic carbocycles. The lowest BCUT2D eigenvalue weighted by molar-refractivity contribution is 0.0704. The van der Waals surface area contributed by atoms with Crippen LogP contribution in [0.1, 0.15) is 53.3 Å². The Morgan fingerprint density at radius 2 is 1.97 bits per heavy atom. The Morgan fingerprint density at radius 1 is 1.10 bits per heavy atom. The summed E-state index contributed by atoms with van der Waals surface area (Å²) in [6.45, 7) is 5.61. The Bertz CT molecular complexity index is 1040. The standard InChI is InChI=1S/C22H26N6O/c1-16-11-18(13-23-12-16)22(29)27-10-4-5-17(14-27)21-24-20-7-6-19(15-28(20)25-21)26-8-2-3-9-26/h6-7,11-13,15,17H,2-5,8-10,14H2,1H3/t17-/m0/s1. The van der Waals surface area contributed by atoms with Gasteiger partial charge in [0.2, 0.25) is 0 Å².